The first-order valence-electron chi connectivity index (χ1n) is 11.2. The molecule has 0 bridgehead atoms. The van der Waals surface area contributed by atoms with Crippen LogP contribution in [0.1, 0.15) is 34.3 Å². The quantitative estimate of drug-likeness (QED) is 0.526. The van der Waals surface area contributed by atoms with Gasteiger partial charge in [0.25, 0.3) is 15.9 Å². The summed E-state index contributed by atoms with van der Waals surface area (Å²) in [5, 5.41) is 0. The minimum atomic E-state index is -3.95. The van der Waals surface area contributed by atoms with Gasteiger partial charge >= 0.3 is 0 Å². The number of halogens is 1. The smallest absolute Gasteiger partial charge is 0.261 e. The monoisotopic (exact) mass is 481 g/mol. The van der Waals surface area contributed by atoms with Crippen molar-refractivity contribution in [3.8, 4) is 0 Å². The van der Waals surface area contributed by atoms with Crippen molar-refractivity contribution in [3.63, 3.8) is 0 Å². The molecule has 1 saturated heterocycles. The van der Waals surface area contributed by atoms with Crippen LogP contribution < -0.4 is 9.62 Å². The van der Waals surface area contributed by atoms with E-state index in [9.17, 15) is 17.6 Å². The Kier molecular flexibility index (Phi) is 6.88. The Labute approximate surface area is 200 Å². The van der Waals surface area contributed by atoms with Crippen molar-refractivity contribution in [3.05, 3.63) is 89.2 Å². The lowest BCUT2D eigenvalue weighted by Gasteiger charge is -2.25. The molecule has 178 valence electrons. The maximum Gasteiger partial charge on any atom is 0.261 e. The summed E-state index contributed by atoms with van der Waals surface area (Å²) in [5.41, 5.74) is 3.44. The number of rotatable bonds is 7. The van der Waals surface area contributed by atoms with E-state index >= 15 is 0 Å². The van der Waals surface area contributed by atoms with E-state index in [2.05, 4.69) is 15.7 Å². The van der Waals surface area contributed by atoms with Crippen molar-refractivity contribution in [2.75, 3.05) is 29.8 Å². The van der Waals surface area contributed by atoms with E-state index in [1.165, 1.54) is 36.4 Å². The Morgan fingerprint density at radius 1 is 1.03 bits per heavy atom. The second-order valence-electron chi connectivity index (χ2n) is 8.57. The molecule has 1 N–H and O–H groups in total. The van der Waals surface area contributed by atoms with E-state index in [-0.39, 0.29) is 16.5 Å². The zero-order valence-electron chi connectivity index (χ0n) is 19.3. The van der Waals surface area contributed by atoms with Gasteiger partial charge in [0.1, 0.15) is 5.82 Å². The fourth-order valence-electron chi connectivity index (χ4n) is 4.17. The number of carbonyl (C=O) groups excluding carboxylic acids is 1. The maximum absolute atomic E-state index is 13.3. The standard InChI is InChI=1S/C26H28FN3O3S/c1-19-9-14-23(34(32,33)28-22-12-10-21(27)11-13-22)17-24(19)26(31)29(2)18-20-7-3-4-8-25(20)30-15-5-6-16-30/h3-4,7-14,17,28H,5-6,15-16,18H2,1-2H3. The molecule has 0 radical (unpaired) electrons. The average Bonchev–Trinajstić information content (AvgIpc) is 3.35. The summed E-state index contributed by atoms with van der Waals surface area (Å²) in [6.07, 6.45) is 2.32. The summed E-state index contributed by atoms with van der Waals surface area (Å²) in [4.78, 5) is 17.3. The average molecular weight is 482 g/mol. The van der Waals surface area contributed by atoms with E-state index in [4.69, 9.17) is 0 Å². The lowest BCUT2D eigenvalue weighted by Crippen LogP contribution is -2.28. The Morgan fingerprint density at radius 2 is 1.71 bits per heavy atom. The van der Waals surface area contributed by atoms with E-state index < -0.39 is 15.8 Å². The Hall–Kier alpha value is -3.39. The number of hydrogen-bond donors (Lipinski definition) is 1. The first-order chi connectivity index (χ1) is 16.2. The van der Waals surface area contributed by atoms with Gasteiger partial charge in [0.2, 0.25) is 0 Å². The Bertz CT molecular complexity index is 1290. The molecule has 0 unspecified atom stereocenters. The molecular weight excluding hydrogens is 453 g/mol. The number of anilines is 2. The van der Waals surface area contributed by atoms with Gasteiger partial charge in [-0.3, -0.25) is 9.52 Å². The number of aryl methyl sites for hydroxylation is 1. The highest BCUT2D eigenvalue weighted by molar-refractivity contribution is 7.92. The number of nitrogens with zero attached hydrogens (tertiary/aromatic N) is 2. The van der Waals surface area contributed by atoms with Crippen LogP contribution in [0.2, 0.25) is 0 Å². The zero-order valence-corrected chi connectivity index (χ0v) is 20.1. The number of sulfonamides is 1. The van der Waals surface area contributed by atoms with Crippen LogP contribution in [0.3, 0.4) is 0 Å². The Morgan fingerprint density at radius 3 is 2.41 bits per heavy atom. The van der Waals surface area contributed by atoms with Crippen molar-refractivity contribution >= 4 is 27.3 Å². The van der Waals surface area contributed by atoms with Crippen molar-refractivity contribution in [1.82, 2.24) is 4.90 Å². The molecule has 1 heterocycles. The predicted molar refractivity (Wildman–Crippen MR) is 132 cm³/mol. The Balaban J connectivity index is 1.56. The van der Waals surface area contributed by atoms with E-state index in [1.54, 1.807) is 24.9 Å². The van der Waals surface area contributed by atoms with Gasteiger partial charge in [-0.1, -0.05) is 24.3 Å². The second-order valence-corrected chi connectivity index (χ2v) is 10.3. The second kappa shape index (κ2) is 9.85. The highest BCUT2D eigenvalue weighted by Gasteiger charge is 2.22. The third-order valence-electron chi connectivity index (χ3n) is 6.04. The highest BCUT2D eigenvalue weighted by Crippen LogP contribution is 2.26. The summed E-state index contributed by atoms with van der Waals surface area (Å²) in [5.74, 6) is -0.715. The van der Waals surface area contributed by atoms with Crippen LogP contribution in [-0.4, -0.2) is 39.4 Å². The van der Waals surface area contributed by atoms with Gasteiger partial charge in [0.15, 0.2) is 0 Å². The zero-order chi connectivity index (χ0) is 24.3. The first kappa shape index (κ1) is 23.8. The van der Waals surface area contributed by atoms with Gasteiger partial charge in [-0.05, 0) is 73.4 Å². The molecule has 4 rings (SSSR count). The summed E-state index contributed by atoms with van der Waals surface area (Å²) >= 11 is 0. The minimum Gasteiger partial charge on any atom is -0.371 e. The van der Waals surface area contributed by atoms with Crippen molar-refractivity contribution in [2.45, 2.75) is 31.2 Å². The molecule has 6 nitrogen and oxygen atoms in total. The van der Waals surface area contributed by atoms with Crippen LogP contribution in [0.15, 0.2) is 71.6 Å². The molecule has 3 aromatic rings. The van der Waals surface area contributed by atoms with Gasteiger partial charge in [0, 0.05) is 43.6 Å². The van der Waals surface area contributed by atoms with Crippen molar-refractivity contribution in [2.24, 2.45) is 0 Å². The van der Waals surface area contributed by atoms with E-state index in [0.717, 1.165) is 37.2 Å². The SMILES string of the molecule is Cc1ccc(S(=O)(=O)Nc2ccc(F)cc2)cc1C(=O)N(C)Cc1ccccc1N1CCCC1. The molecule has 3 aromatic carbocycles. The van der Waals surface area contributed by atoms with Crippen LogP contribution >= 0.6 is 0 Å². The molecule has 0 spiro atoms. The van der Waals surface area contributed by atoms with Crippen LogP contribution in [0, 0.1) is 12.7 Å². The van der Waals surface area contributed by atoms with Gasteiger partial charge in [-0.2, -0.15) is 0 Å². The third-order valence-corrected chi connectivity index (χ3v) is 7.42. The van der Waals surface area contributed by atoms with Gasteiger partial charge < -0.3 is 9.80 Å². The van der Waals surface area contributed by atoms with E-state index in [0.29, 0.717) is 17.7 Å². The van der Waals surface area contributed by atoms with E-state index in [1.807, 2.05) is 18.2 Å². The number of hydrogen-bond acceptors (Lipinski definition) is 4. The molecule has 34 heavy (non-hydrogen) atoms. The predicted octanol–water partition coefficient (Wildman–Crippen LogP) is 4.81. The van der Waals surface area contributed by atoms with Crippen molar-refractivity contribution in [1.29, 1.82) is 0 Å². The molecule has 0 atom stereocenters. The highest BCUT2D eigenvalue weighted by atomic mass is 32.2. The maximum atomic E-state index is 13.3. The molecule has 0 aromatic heterocycles. The number of para-hydroxylation sites is 1. The fraction of sp³-hybridized carbons (Fsp3) is 0.269. The topological polar surface area (TPSA) is 69.7 Å². The molecule has 0 aliphatic carbocycles. The minimum absolute atomic E-state index is 0.0309. The number of amides is 1. The van der Waals surface area contributed by atoms with Gasteiger partial charge in [0.05, 0.1) is 4.90 Å². The lowest BCUT2D eigenvalue weighted by atomic mass is 10.1. The largest absolute Gasteiger partial charge is 0.371 e. The summed E-state index contributed by atoms with van der Waals surface area (Å²) in [6.45, 7) is 4.21. The summed E-state index contributed by atoms with van der Waals surface area (Å²) < 4.78 is 41.4. The van der Waals surface area contributed by atoms with Crippen LogP contribution in [0.5, 0.6) is 0 Å². The number of nitrogens with one attached hydrogen (secondary N) is 1. The first-order valence-corrected chi connectivity index (χ1v) is 12.7. The molecule has 1 aliphatic heterocycles. The number of carbonyl (C=O) groups is 1. The van der Waals surface area contributed by atoms with Gasteiger partial charge in [-0.15, -0.1) is 0 Å². The lowest BCUT2D eigenvalue weighted by molar-refractivity contribution is 0.0784. The summed E-state index contributed by atoms with van der Waals surface area (Å²) in [7, 11) is -2.23. The fourth-order valence-corrected chi connectivity index (χ4v) is 5.26. The molecule has 0 saturated carbocycles. The molecular formula is C26H28FN3O3S. The van der Waals surface area contributed by atoms with Gasteiger partial charge in [-0.25, -0.2) is 12.8 Å². The summed E-state index contributed by atoms with van der Waals surface area (Å²) in [6, 6.07) is 17.6. The molecule has 1 amide bonds. The van der Waals surface area contributed by atoms with Crippen LogP contribution in [-0.2, 0) is 16.6 Å². The molecule has 1 fully saturated rings. The molecule has 8 heteroatoms. The van der Waals surface area contributed by atoms with Crippen LogP contribution in [0.4, 0.5) is 15.8 Å². The van der Waals surface area contributed by atoms with Crippen LogP contribution in [0.25, 0.3) is 0 Å². The third kappa shape index (κ3) is 5.22. The van der Waals surface area contributed by atoms with Crippen molar-refractivity contribution < 1.29 is 17.6 Å². The normalized spacial score (nSPS) is 13.7. The number of benzene rings is 3. The molecule has 1 aliphatic rings.